The molecule has 0 aromatic heterocycles. The molecule has 36 heavy (non-hydrogen) atoms. The van der Waals surface area contributed by atoms with E-state index in [0.717, 1.165) is 38.5 Å². The summed E-state index contributed by atoms with van der Waals surface area (Å²) in [5, 5.41) is 0. The van der Waals surface area contributed by atoms with Gasteiger partial charge in [0.15, 0.2) is 0 Å². The molecule has 8 nitrogen and oxygen atoms in total. The highest BCUT2D eigenvalue weighted by molar-refractivity contribution is 7.70. The Balaban J connectivity index is 3.18. The first-order chi connectivity index (χ1) is 17.0. The Bertz CT molecular complexity index is 600. The van der Waals surface area contributed by atoms with E-state index in [-0.39, 0.29) is 12.8 Å². The zero-order valence-corrected chi connectivity index (χ0v) is 24.1. The SMILES string of the molecule is O=C(CCCCCCCCCCCCCCCCCCCCCCCCC(=O)P(=O)(O)O)P(=O)(O)O. The van der Waals surface area contributed by atoms with Crippen LogP contribution in [-0.2, 0) is 18.7 Å². The lowest BCUT2D eigenvalue weighted by Crippen LogP contribution is -1.98. The Kier molecular flexibility index (Phi) is 22.4. The fourth-order valence-electron chi connectivity index (χ4n) is 4.38. The van der Waals surface area contributed by atoms with Crippen molar-refractivity contribution in [3.05, 3.63) is 0 Å². The van der Waals surface area contributed by atoms with Crippen molar-refractivity contribution in [2.45, 2.75) is 154 Å². The van der Waals surface area contributed by atoms with E-state index in [4.69, 9.17) is 19.6 Å². The molecule has 0 saturated carbocycles. The van der Waals surface area contributed by atoms with E-state index in [9.17, 15) is 18.7 Å². The Labute approximate surface area is 218 Å². The zero-order chi connectivity index (χ0) is 27.1. The molecule has 0 aliphatic carbocycles. The van der Waals surface area contributed by atoms with E-state index in [1.807, 2.05) is 0 Å². The van der Waals surface area contributed by atoms with Gasteiger partial charge in [0.1, 0.15) is 0 Å². The van der Waals surface area contributed by atoms with Gasteiger partial charge < -0.3 is 19.6 Å². The van der Waals surface area contributed by atoms with Gasteiger partial charge in [-0.15, -0.1) is 0 Å². The molecular weight excluding hydrogens is 502 g/mol. The van der Waals surface area contributed by atoms with Crippen LogP contribution in [0.1, 0.15) is 154 Å². The van der Waals surface area contributed by atoms with Crippen molar-refractivity contribution >= 4 is 26.2 Å². The summed E-state index contributed by atoms with van der Waals surface area (Å²) in [6, 6.07) is 0. The van der Waals surface area contributed by atoms with Crippen LogP contribution < -0.4 is 0 Å². The van der Waals surface area contributed by atoms with Crippen LogP contribution in [0.3, 0.4) is 0 Å². The van der Waals surface area contributed by atoms with Crippen LogP contribution >= 0.6 is 15.2 Å². The minimum Gasteiger partial charge on any atom is -0.319 e. The summed E-state index contributed by atoms with van der Waals surface area (Å²) < 4.78 is 21.5. The summed E-state index contributed by atoms with van der Waals surface area (Å²) >= 11 is 0. The fraction of sp³-hybridized carbons (Fsp3) is 0.923. The number of carbonyl (C=O) groups excluding carboxylic acids is 2. The van der Waals surface area contributed by atoms with Gasteiger partial charge in [-0.1, -0.05) is 128 Å². The number of unbranched alkanes of at least 4 members (excludes halogenated alkanes) is 21. The van der Waals surface area contributed by atoms with E-state index >= 15 is 0 Å². The van der Waals surface area contributed by atoms with Crippen molar-refractivity contribution in [1.29, 1.82) is 0 Å². The number of hydrogen-bond donors (Lipinski definition) is 4. The molecule has 0 aromatic carbocycles. The molecule has 214 valence electrons. The average molecular weight is 555 g/mol. The van der Waals surface area contributed by atoms with E-state index in [0.29, 0.717) is 12.8 Å². The molecular formula is C26H52O8P2. The number of rotatable bonds is 27. The predicted molar refractivity (Wildman–Crippen MR) is 145 cm³/mol. The second kappa shape index (κ2) is 22.6. The standard InChI is InChI=1S/C26H52O8P2/c27-25(35(29,30)31)23-21-19-17-15-13-11-9-7-5-3-1-2-4-6-8-10-12-14-16-18-20-22-24-26(28)36(32,33)34/h1-24H2,(H2,29,30,31)(H2,32,33,34). The Morgan fingerprint density at radius 1 is 0.333 bits per heavy atom. The quantitative estimate of drug-likeness (QED) is 0.0594. The first-order valence-corrected chi connectivity index (χ1v) is 17.5. The highest BCUT2D eigenvalue weighted by Gasteiger charge is 2.24. The molecule has 0 bridgehead atoms. The molecule has 0 radical (unpaired) electrons. The Morgan fingerprint density at radius 2 is 0.472 bits per heavy atom. The lowest BCUT2D eigenvalue weighted by molar-refractivity contribution is -0.114. The molecule has 0 rings (SSSR count). The molecule has 0 fully saturated rings. The maximum Gasteiger partial charge on any atom is 0.391 e. The van der Waals surface area contributed by atoms with Gasteiger partial charge in [0.2, 0.25) is 11.0 Å². The summed E-state index contributed by atoms with van der Waals surface area (Å²) in [5.74, 6) is 0. The maximum absolute atomic E-state index is 11.1. The molecule has 4 N–H and O–H groups in total. The monoisotopic (exact) mass is 554 g/mol. The summed E-state index contributed by atoms with van der Waals surface area (Å²) in [6.07, 6.45) is 25.2. The van der Waals surface area contributed by atoms with Gasteiger partial charge in [0, 0.05) is 12.8 Å². The summed E-state index contributed by atoms with van der Waals surface area (Å²) in [6.45, 7) is 0. The van der Waals surface area contributed by atoms with Crippen molar-refractivity contribution in [3.8, 4) is 0 Å². The second-order valence-electron chi connectivity index (χ2n) is 10.2. The van der Waals surface area contributed by atoms with E-state index in [1.165, 1.54) is 89.9 Å². The van der Waals surface area contributed by atoms with Crippen molar-refractivity contribution in [2.75, 3.05) is 0 Å². The van der Waals surface area contributed by atoms with Gasteiger partial charge in [0.05, 0.1) is 0 Å². The van der Waals surface area contributed by atoms with Crippen molar-refractivity contribution in [3.63, 3.8) is 0 Å². The summed E-state index contributed by atoms with van der Waals surface area (Å²) in [4.78, 5) is 57.2. The molecule has 0 heterocycles. The normalized spacial score (nSPS) is 12.2. The van der Waals surface area contributed by atoms with Crippen LogP contribution in [0.5, 0.6) is 0 Å². The molecule has 0 aliphatic heterocycles. The third kappa shape index (κ3) is 24.0. The fourth-order valence-corrected chi connectivity index (χ4v) is 5.28. The average Bonchev–Trinajstić information content (AvgIpc) is 2.80. The minimum absolute atomic E-state index is 0.00913. The second-order valence-corrected chi connectivity index (χ2v) is 13.3. The Hall–Kier alpha value is -0.360. The number of hydrogen-bond acceptors (Lipinski definition) is 4. The summed E-state index contributed by atoms with van der Waals surface area (Å²) in [5.41, 5.74) is -1.86. The molecule has 0 aromatic rings. The van der Waals surface area contributed by atoms with Gasteiger partial charge in [0.25, 0.3) is 0 Å². The van der Waals surface area contributed by atoms with Gasteiger partial charge in [-0.05, 0) is 12.8 Å². The third-order valence-corrected chi connectivity index (χ3v) is 8.43. The lowest BCUT2D eigenvalue weighted by atomic mass is 10.0. The van der Waals surface area contributed by atoms with Crippen LogP contribution in [0.4, 0.5) is 0 Å². The predicted octanol–water partition coefficient (Wildman–Crippen LogP) is 7.76. The van der Waals surface area contributed by atoms with Gasteiger partial charge in [-0.2, -0.15) is 0 Å². The highest BCUT2D eigenvalue weighted by atomic mass is 31.2. The smallest absolute Gasteiger partial charge is 0.319 e. The van der Waals surface area contributed by atoms with E-state index < -0.39 is 26.2 Å². The van der Waals surface area contributed by atoms with Gasteiger partial charge >= 0.3 is 15.2 Å². The van der Waals surface area contributed by atoms with Crippen molar-refractivity contribution in [2.24, 2.45) is 0 Å². The van der Waals surface area contributed by atoms with Crippen molar-refractivity contribution in [1.82, 2.24) is 0 Å². The van der Waals surface area contributed by atoms with E-state index in [2.05, 4.69) is 0 Å². The Morgan fingerprint density at radius 3 is 0.611 bits per heavy atom. The summed E-state index contributed by atoms with van der Waals surface area (Å²) in [7, 11) is -9.04. The number of carbonyl (C=O) groups is 2. The topological polar surface area (TPSA) is 149 Å². The van der Waals surface area contributed by atoms with Gasteiger partial charge in [-0.3, -0.25) is 18.7 Å². The van der Waals surface area contributed by atoms with E-state index in [1.54, 1.807) is 0 Å². The molecule has 0 amide bonds. The van der Waals surface area contributed by atoms with Gasteiger partial charge in [-0.25, -0.2) is 0 Å². The van der Waals surface area contributed by atoms with Crippen LogP contribution in [0.25, 0.3) is 0 Å². The maximum atomic E-state index is 11.1. The highest BCUT2D eigenvalue weighted by Crippen LogP contribution is 2.38. The first-order valence-electron chi connectivity index (χ1n) is 14.2. The van der Waals surface area contributed by atoms with Crippen LogP contribution in [0.15, 0.2) is 0 Å². The van der Waals surface area contributed by atoms with Crippen LogP contribution in [0, 0.1) is 0 Å². The molecule has 0 atom stereocenters. The third-order valence-electron chi connectivity index (χ3n) is 6.68. The van der Waals surface area contributed by atoms with Crippen molar-refractivity contribution < 1.29 is 38.3 Å². The lowest BCUT2D eigenvalue weighted by Gasteiger charge is -2.05. The minimum atomic E-state index is -4.52. The zero-order valence-electron chi connectivity index (χ0n) is 22.3. The molecule has 10 heteroatoms. The van der Waals surface area contributed by atoms with Crippen LogP contribution in [-0.4, -0.2) is 30.6 Å². The van der Waals surface area contributed by atoms with Crippen LogP contribution in [0.2, 0.25) is 0 Å². The molecule has 0 aliphatic rings. The first kappa shape index (κ1) is 35.6. The molecule has 0 saturated heterocycles. The molecule has 0 unspecified atom stereocenters. The molecule has 0 spiro atoms. The largest absolute Gasteiger partial charge is 0.391 e.